The lowest BCUT2D eigenvalue weighted by Crippen LogP contribution is -2.53. The van der Waals surface area contributed by atoms with Crippen LogP contribution >= 0.6 is 0 Å². The van der Waals surface area contributed by atoms with E-state index in [9.17, 15) is 24.0 Å². The number of Topliss-reactive ketones (excluding diaryl/α,β-unsaturated/α-hetero) is 1. The molecule has 2 aromatic carbocycles. The zero-order valence-electron chi connectivity index (χ0n) is 22.8. The third-order valence-electron chi connectivity index (χ3n) is 6.79. The van der Waals surface area contributed by atoms with E-state index in [0.29, 0.717) is 12.8 Å². The van der Waals surface area contributed by atoms with Gasteiger partial charge in [-0.3, -0.25) is 29.0 Å². The number of pyridine rings is 1. The van der Waals surface area contributed by atoms with Crippen molar-refractivity contribution in [3.05, 3.63) is 89.6 Å². The molecule has 0 aliphatic carbocycles. The third kappa shape index (κ3) is 8.56. The Hall–Kier alpha value is -4.86. The molecule has 4 rings (SSSR count). The lowest BCUT2D eigenvalue weighted by atomic mass is 9.99. The molecule has 0 radical (unpaired) electrons. The summed E-state index contributed by atoms with van der Waals surface area (Å²) in [6.45, 7) is 1.20. The lowest BCUT2D eigenvalue weighted by Gasteiger charge is -2.21. The summed E-state index contributed by atoms with van der Waals surface area (Å²) in [6, 6.07) is 18.8. The van der Waals surface area contributed by atoms with Crippen LogP contribution in [0.25, 0.3) is 11.3 Å². The van der Waals surface area contributed by atoms with Crippen LogP contribution in [-0.2, 0) is 43.4 Å². The molecule has 0 saturated heterocycles. The van der Waals surface area contributed by atoms with Gasteiger partial charge in [-0.1, -0.05) is 48.5 Å². The predicted molar refractivity (Wildman–Crippen MR) is 152 cm³/mol. The Kier molecular flexibility index (Phi) is 9.93. The number of ketones is 1. The van der Waals surface area contributed by atoms with Crippen LogP contribution in [0.5, 0.6) is 0 Å². The molecule has 4 N–H and O–H groups in total. The number of aryl methyl sites for hydroxylation is 2. The minimum atomic E-state index is -1.000. The molecule has 10 nitrogen and oxygen atoms in total. The predicted octanol–water partition coefficient (Wildman–Crippen LogP) is 1.62. The number of hydrogen-bond acceptors (Lipinski definition) is 6. The van der Waals surface area contributed by atoms with Gasteiger partial charge in [-0.05, 0) is 61.1 Å². The molecular weight excluding hydrogens is 522 g/mol. The van der Waals surface area contributed by atoms with Gasteiger partial charge in [0.05, 0.1) is 12.2 Å². The quantitative estimate of drug-likeness (QED) is 0.340. The summed E-state index contributed by atoms with van der Waals surface area (Å²) in [4.78, 5) is 67.6. The molecular formula is C31H33N5O5. The number of benzene rings is 2. The van der Waals surface area contributed by atoms with Gasteiger partial charge in [0.15, 0.2) is 0 Å². The molecule has 2 heterocycles. The maximum atomic E-state index is 13.1. The second kappa shape index (κ2) is 14.0. The standard InChI is InChI=1S/C31H33N5O5/c1-20-29(39)36-25(30(40)34-19-27(37)31(41)33-18-23-6-3-2-4-7-23)12-10-21-8-5-9-24(16-21)26-17-22(14-15-32-26)11-13-28(38)35-20/h2-9,14-17,20,25H,10-13,18-19H2,1H3,(H,33,41)(H,34,40)(H,35,38)(H,36,39)/t20-,25?/m0/s1. The highest BCUT2D eigenvalue weighted by Crippen LogP contribution is 2.21. The molecule has 3 aromatic rings. The Labute approximate surface area is 238 Å². The van der Waals surface area contributed by atoms with E-state index in [2.05, 4.69) is 26.3 Å². The molecule has 0 saturated carbocycles. The molecule has 4 amide bonds. The molecule has 212 valence electrons. The van der Waals surface area contributed by atoms with E-state index in [4.69, 9.17) is 0 Å². The highest BCUT2D eigenvalue weighted by atomic mass is 16.2. The van der Waals surface area contributed by atoms with Gasteiger partial charge in [0.1, 0.15) is 12.1 Å². The minimum Gasteiger partial charge on any atom is -0.347 e. The molecule has 1 aliphatic heterocycles. The van der Waals surface area contributed by atoms with Gasteiger partial charge in [-0.15, -0.1) is 0 Å². The summed E-state index contributed by atoms with van der Waals surface area (Å²) in [6.07, 6.45) is 3.03. The first-order valence-electron chi connectivity index (χ1n) is 13.5. The van der Waals surface area contributed by atoms with E-state index in [0.717, 1.165) is 27.9 Å². The zero-order valence-corrected chi connectivity index (χ0v) is 22.8. The van der Waals surface area contributed by atoms with Crippen molar-refractivity contribution in [3.8, 4) is 11.3 Å². The maximum Gasteiger partial charge on any atom is 0.289 e. The molecule has 41 heavy (non-hydrogen) atoms. The van der Waals surface area contributed by atoms with E-state index in [1.807, 2.05) is 66.7 Å². The summed E-state index contributed by atoms with van der Waals surface area (Å²) in [5.74, 6) is -3.06. The van der Waals surface area contributed by atoms with Crippen molar-refractivity contribution >= 4 is 29.4 Å². The van der Waals surface area contributed by atoms with Crippen molar-refractivity contribution < 1.29 is 24.0 Å². The van der Waals surface area contributed by atoms with Gasteiger partial charge < -0.3 is 21.3 Å². The van der Waals surface area contributed by atoms with Gasteiger partial charge in [-0.2, -0.15) is 0 Å². The molecule has 1 aliphatic rings. The fourth-order valence-electron chi connectivity index (χ4n) is 4.44. The van der Waals surface area contributed by atoms with Crippen LogP contribution in [-0.4, -0.2) is 53.0 Å². The highest BCUT2D eigenvalue weighted by Gasteiger charge is 2.25. The number of rotatable bonds is 6. The first-order valence-corrected chi connectivity index (χ1v) is 13.5. The van der Waals surface area contributed by atoms with E-state index in [-0.39, 0.29) is 25.3 Å². The van der Waals surface area contributed by atoms with Gasteiger partial charge in [0, 0.05) is 24.7 Å². The number of carbonyl (C=O) groups excluding carboxylic acids is 5. The topological polar surface area (TPSA) is 146 Å². The van der Waals surface area contributed by atoms with E-state index in [1.165, 1.54) is 0 Å². The SMILES string of the molecule is C[C@@H]1NC(=O)CCc2ccnc(c2)-c2cccc(c2)CCC(C(=O)NCC(=O)C(=O)NCc2ccccc2)NC1=O. The van der Waals surface area contributed by atoms with Crippen molar-refractivity contribution in [3.63, 3.8) is 0 Å². The summed E-state index contributed by atoms with van der Waals surface area (Å²) in [7, 11) is 0. The second-order valence-electron chi connectivity index (χ2n) is 9.95. The van der Waals surface area contributed by atoms with Gasteiger partial charge >= 0.3 is 0 Å². The van der Waals surface area contributed by atoms with Crippen LogP contribution < -0.4 is 21.3 Å². The number of fused-ring (bicyclic) bond motifs is 5. The number of nitrogens with one attached hydrogen (secondary N) is 4. The largest absolute Gasteiger partial charge is 0.347 e. The smallest absolute Gasteiger partial charge is 0.289 e. The van der Waals surface area contributed by atoms with Crippen LogP contribution in [0.4, 0.5) is 0 Å². The lowest BCUT2D eigenvalue weighted by molar-refractivity contribution is -0.138. The van der Waals surface area contributed by atoms with E-state index < -0.39 is 42.1 Å². The molecule has 2 atom stereocenters. The Balaban J connectivity index is 1.45. The van der Waals surface area contributed by atoms with Crippen LogP contribution in [0.2, 0.25) is 0 Å². The summed E-state index contributed by atoms with van der Waals surface area (Å²) >= 11 is 0. The Morgan fingerprint density at radius 3 is 2.46 bits per heavy atom. The summed E-state index contributed by atoms with van der Waals surface area (Å²) < 4.78 is 0. The number of carbonyl (C=O) groups is 5. The molecule has 0 fully saturated rings. The first-order chi connectivity index (χ1) is 19.8. The number of hydrogen-bond donors (Lipinski definition) is 4. The first kappa shape index (κ1) is 29.1. The van der Waals surface area contributed by atoms with Gasteiger partial charge in [0.2, 0.25) is 23.5 Å². The third-order valence-corrected chi connectivity index (χ3v) is 6.79. The van der Waals surface area contributed by atoms with Crippen molar-refractivity contribution in [1.82, 2.24) is 26.3 Å². The van der Waals surface area contributed by atoms with Crippen molar-refractivity contribution in [1.29, 1.82) is 0 Å². The normalized spacial score (nSPS) is 17.5. The molecule has 10 heteroatoms. The number of nitrogens with zero attached hydrogens (tertiary/aromatic N) is 1. The molecule has 1 aromatic heterocycles. The maximum absolute atomic E-state index is 13.1. The fraction of sp³-hybridized carbons (Fsp3) is 0.290. The summed E-state index contributed by atoms with van der Waals surface area (Å²) in [5.41, 5.74) is 4.40. The van der Waals surface area contributed by atoms with Gasteiger partial charge in [0.25, 0.3) is 5.91 Å². The van der Waals surface area contributed by atoms with E-state index in [1.54, 1.807) is 13.1 Å². The number of aromatic nitrogens is 1. The van der Waals surface area contributed by atoms with E-state index >= 15 is 0 Å². The Bertz CT molecular complexity index is 1430. The monoisotopic (exact) mass is 555 g/mol. The Morgan fingerprint density at radius 2 is 1.66 bits per heavy atom. The molecule has 1 unspecified atom stereocenters. The average molecular weight is 556 g/mol. The molecule has 0 spiro atoms. The fourth-order valence-corrected chi connectivity index (χ4v) is 4.44. The minimum absolute atomic E-state index is 0.180. The van der Waals surface area contributed by atoms with Gasteiger partial charge in [-0.25, -0.2) is 0 Å². The van der Waals surface area contributed by atoms with Crippen LogP contribution in [0, 0.1) is 0 Å². The zero-order chi connectivity index (χ0) is 29.2. The van der Waals surface area contributed by atoms with Crippen LogP contribution in [0.15, 0.2) is 72.9 Å². The number of amides is 4. The average Bonchev–Trinajstić information content (AvgIpc) is 2.99. The van der Waals surface area contributed by atoms with Crippen molar-refractivity contribution in [2.24, 2.45) is 0 Å². The summed E-state index contributed by atoms with van der Waals surface area (Å²) in [5, 5.41) is 10.4. The highest BCUT2D eigenvalue weighted by molar-refractivity contribution is 6.37. The van der Waals surface area contributed by atoms with Crippen LogP contribution in [0.1, 0.15) is 36.5 Å². The molecule has 4 bridgehead atoms. The van der Waals surface area contributed by atoms with Crippen LogP contribution in [0.3, 0.4) is 0 Å². The Morgan fingerprint density at radius 1 is 0.878 bits per heavy atom. The van der Waals surface area contributed by atoms with Crippen molar-refractivity contribution in [2.75, 3.05) is 6.54 Å². The van der Waals surface area contributed by atoms with Crippen molar-refractivity contribution in [2.45, 2.75) is 51.2 Å². The second-order valence-corrected chi connectivity index (χ2v) is 9.95.